The van der Waals surface area contributed by atoms with Crippen LogP contribution in [-0.4, -0.2) is 29.2 Å². The normalized spacial score (nSPS) is 15.6. The van der Waals surface area contributed by atoms with E-state index in [1.807, 2.05) is 20.9 Å². The summed E-state index contributed by atoms with van der Waals surface area (Å²) in [6.07, 6.45) is 0.783. The lowest BCUT2D eigenvalue weighted by molar-refractivity contribution is 0.0220. The molecule has 0 aromatic carbocycles. The highest BCUT2D eigenvalue weighted by atomic mass is 79.9. The molecule has 4 heteroatoms. The molecule has 1 unspecified atom stereocenters. The standard InChI is InChI=1S/C11H18BrNOS/c1-4-11(2,14)8-13(3)6-10-5-9(12)7-15-10/h5,7,14H,4,6,8H2,1-3H3. The van der Waals surface area contributed by atoms with Crippen molar-refractivity contribution in [2.45, 2.75) is 32.4 Å². The average Bonchev–Trinajstić information content (AvgIpc) is 2.50. The largest absolute Gasteiger partial charge is 0.389 e. The molecule has 86 valence electrons. The van der Waals surface area contributed by atoms with Gasteiger partial charge in [-0.3, -0.25) is 4.90 Å². The number of halogens is 1. The fourth-order valence-corrected chi connectivity index (χ4v) is 2.98. The van der Waals surface area contributed by atoms with Gasteiger partial charge in [-0.1, -0.05) is 6.92 Å². The molecule has 1 aromatic rings. The average molecular weight is 292 g/mol. The molecule has 0 spiro atoms. The number of likely N-dealkylation sites (N-methyl/N-ethyl adjacent to an activating group) is 1. The quantitative estimate of drug-likeness (QED) is 0.901. The van der Waals surface area contributed by atoms with Crippen LogP contribution in [0.3, 0.4) is 0 Å². The van der Waals surface area contributed by atoms with Crippen LogP contribution in [0.1, 0.15) is 25.1 Å². The van der Waals surface area contributed by atoms with Gasteiger partial charge in [-0.2, -0.15) is 0 Å². The van der Waals surface area contributed by atoms with Crippen LogP contribution in [0.25, 0.3) is 0 Å². The molecule has 0 bridgehead atoms. The molecule has 0 aliphatic carbocycles. The molecule has 0 radical (unpaired) electrons. The van der Waals surface area contributed by atoms with Gasteiger partial charge in [-0.15, -0.1) is 11.3 Å². The third-order valence-electron chi connectivity index (χ3n) is 2.42. The molecule has 1 atom stereocenters. The van der Waals surface area contributed by atoms with Crippen LogP contribution in [0, 0.1) is 0 Å². The molecule has 1 aromatic heterocycles. The second-order valence-electron chi connectivity index (χ2n) is 4.25. The second kappa shape index (κ2) is 5.43. The van der Waals surface area contributed by atoms with E-state index in [9.17, 15) is 5.11 Å². The van der Waals surface area contributed by atoms with E-state index in [0.717, 1.165) is 17.4 Å². The van der Waals surface area contributed by atoms with Gasteiger partial charge in [-0.25, -0.2) is 0 Å². The fraction of sp³-hybridized carbons (Fsp3) is 0.636. The van der Waals surface area contributed by atoms with Gasteiger partial charge >= 0.3 is 0 Å². The van der Waals surface area contributed by atoms with E-state index in [4.69, 9.17) is 0 Å². The molecule has 1 rings (SSSR count). The molecule has 0 saturated heterocycles. The highest BCUT2D eigenvalue weighted by molar-refractivity contribution is 9.10. The van der Waals surface area contributed by atoms with E-state index in [2.05, 4.69) is 32.3 Å². The SMILES string of the molecule is CCC(C)(O)CN(C)Cc1cc(Br)cs1. The Hall–Kier alpha value is 0.1000. The van der Waals surface area contributed by atoms with Crippen molar-refractivity contribution in [3.05, 3.63) is 20.8 Å². The van der Waals surface area contributed by atoms with Crippen LogP contribution in [0.5, 0.6) is 0 Å². The Kier molecular flexibility index (Phi) is 4.77. The summed E-state index contributed by atoms with van der Waals surface area (Å²) in [6.45, 7) is 5.49. The van der Waals surface area contributed by atoms with Crippen LogP contribution >= 0.6 is 27.3 Å². The summed E-state index contributed by atoms with van der Waals surface area (Å²) in [6, 6.07) is 2.13. The van der Waals surface area contributed by atoms with Crippen LogP contribution < -0.4 is 0 Å². The van der Waals surface area contributed by atoms with Crippen molar-refractivity contribution in [3.63, 3.8) is 0 Å². The molecule has 0 amide bonds. The lowest BCUT2D eigenvalue weighted by Crippen LogP contribution is -2.37. The van der Waals surface area contributed by atoms with Crippen molar-refractivity contribution in [1.29, 1.82) is 0 Å². The predicted octanol–water partition coefficient (Wildman–Crippen LogP) is 3.10. The Bertz CT molecular complexity index is 311. The number of hydrogen-bond acceptors (Lipinski definition) is 3. The number of nitrogens with zero attached hydrogens (tertiary/aromatic N) is 1. The number of aliphatic hydroxyl groups is 1. The molecule has 15 heavy (non-hydrogen) atoms. The minimum Gasteiger partial charge on any atom is -0.389 e. The Morgan fingerprint density at radius 1 is 1.60 bits per heavy atom. The predicted molar refractivity (Wildman–Crippen MR) is 69.3 cm³/mol. The van der Waals surface area contributed by atoms with E-state index in [1.54, 1.807) is 11.3 Å². The van der Waals surface area contributed by atoms with Crippen molar-refractivity contribution in [3.8, 4) is 0 Å². The first-order valence-corrected chi connectivity index (χ1v) is 6.74. The highest BCUT2D eigenvalue weighted by Gasteiger charge is 2.19. The van der Waals surface area contributed by atoms with Gasteiger partial charge in [0.25, 0.3) is 0 Å². The first kappa shape index (κ1) is 13.2. The lowest BCUT2D eigenvalue weighted by Gasteiger charge is -2.27. The van der Waals surface area contributed by atoms with Crippen molar-refractivity contribution >= 4 is 27.3 Å². The van der Waals surface area contributed by atoms with Gasteiger partial charge in [0, 0.05) is 27.8 Å². The first-order chi connectivity index (χ1) is 6.93. The molecule has 0 fully saturated rings. The van der Waals surface area contributed by atoms with E-state index >= 15 is 0 Å². The van der Waals surface area contributed by atoms with Gasteiger partial charge in [0.1, 0.15) is 0 Å². The molecule has 0 saturated carbocycles. The second-order valence-corrected chi connectivity index (χ2v) is 6.17. The molecule has 2 nitrogen and oxygen atoms in total. The Morgan fingerprint density at radius 3 is 2.73 bits per heavy atom. The summed E-state index contributed by atoms with van der Waals surface area (Å²) in [5, 5.41) is 12.0. The number of rotatable bonds is 5. The summed E-state index contributed by atoms with van der Waals surface area (Å²) >= 11 is 5.18. The monoisotopic (exact) mass is 291 g/mol. The molecular weight excluding hydrogens is 274 g/mol. The maximum absolute atomic E-state index is 9.93. The minimum absolute atomic E-state index is 0.580. The number of thiophene rings is 1. The van der Waals surface area contributed by atoms with Crippen LogP contribution in [-0.2, 0) is 6.54 Å². The molecule has 0 aliphatic rings. The summed E-state index contributed by atoms with van der Waals surface area (Å²) in [4.78, 5) is 3.47. The van der Waals surface area contributed by atoms with Gasteiger partial charge < -0.3 is 5.11 Å². The minimum atomic E-state index is -0.580. The van der Waals surface area contributed by atoms with Crippen molar-refractivity contribution < 1.29 is 5.11 Å². The molecule has 1 N–H and O–H groups in total. The molecule has 0 aliphatic heterocycles. The highest BCUT2D eigenvalue weighted by Crippen LogP contribution is 2.21. The first-order valence-electron chi connectivity index (χ1n) is 5.07. The Balaban J connectivity index is 2.46. The topological polar surface area (TPSA) is 23.5 Å². The third kappa shape index (κ3) is 4.64. The van der Waals surface area contributed by atoms with Crippen molar-refractivity contribution in [2.24, 2.45) is 0 Å². The zero-order valence-electron chi connectivity index (χ0n) is 9.46. The third-order valence-corrected chi connectivity index (χ3v) is 4.10. The summed E-state index contributed by atoms with van der Waals surface area (Å²) < 4.78 is 1.14. The van der Waals surface area contributed by atoms with E-state index in [1.165, 1.54) is 4.88 Å². The van der Waals surface area contributed by atoms with Crippen LogP contribution in [0.4, 0.5) is 0 Å². The summed E-state index contributed by atoms with van der Waals surface area (Å²) in [7, 11) is 2.04. The maximum atomic E-state index is 9.93. The van der Waals surface area contributed by atoms with Gasteiger partial charge in [0.05, 0.1) is 5.60 Å². The molecule has 1 heterocycles. The van der Waals surface area contributed by atoms with Crippen LogP contribution in [0.15, 0.2) is 15.9 Å². The van der Waals surface area contributed by atoms with Gasteiger partial charge in [0.15, 0.2) is 0 Å². The Morgan fingerprint density at radius 2 is 2.27 bits per heavy atom. The van der Waals surface area contributed by atoms with E-state index in [0.29, 0.717) is 6.54 Å². The number of hydrogen-bond donors (Lipinski definition) is 1. The fourth-order valence-electron chi connectivity index (χ4n) is 1.45. The zero-order chi connectivity index (χ0) is 11.5. The Labute approximate surface area is 104 Å². The van der Waals surface area contributed by atoms with Crippen LogP contribution in [0.2, 0.25) is 0 Å². The zero-order valence-corrected chi connectivity index (χ0v) is 11.9. The van der Waals surface area contributed by atoms with Crippen molar-refractivity contribution in [1.82, 2.24) is 4.90 Å². The smallest absolute Gasteiger partial charge is 0.0743 e. The summed E-state index contributed by atoms with van der Waals surface area (Å²) in [5.41, 5.74) is -0.580. The van der Waals surface area contributed by atoms with E-state index < -0.39 is 5.60 Å². The van der Waals surface area contributed by atoms with E-state index in [-0.39, 0.29) is 0 Å². The van der Waals surface area contributed by atoms with Gasteiger partial charge in [-0.05, 0) is 42.4 Å². The molecular formula is C11H18BrNOS. The van der Waals surface area contributed by atoms with Crippen molar-refractivity contribution in [2.75, 3.05) is 13.6 Å². The summed E-state index contributed by atoms with van der Waals surface area (Å²) in [5.74, 6) is 0. The lowest BCUT2D eigenvalue weighted by atomic mass is 10.0. The van der Waals surface area contributed by atoms with Gasteiger partial charge in [0.2, 0.25) is 0 Å². The maximum Gasteiger partial charge on any atom is 0.0743 e.